The minimum Gasteiger partial charge on any atom is -0.496 e. The predicted molar refractivity (Wildman–Crippen MR) is 268 cm³/mol. The van der Waals surface area contributed by atoms with Crippen molar-refractivity contribution in [1.29, 1.82) is 0 Å². The summed E-state index contributed by atoms with van der Waals surface area (Å²) in [5.41, 5.74) is 14.8. The summed E-state index contributed by atoms with van der Waals surface area (Å²) < 4.78 is 5.88. The molecular weight excluding hydrogens is 832 g/mol. The van der Waals surface area contributed by atoms with Crippen LogP contribution in [0.1, 0.15) is 127 Å². The summed E-state index contributed by atoms with van der Waals surface area (Å²) in [5, 5.41) is 4.51. The van der Waals surface area contributed by atoms with Gasteiger partial charge in [-0.3, -0.25) is 0 Å². The average molecular weight is 905 g/mol. The zero-order valence-corrected chi connectivity index (χ0v) is 43.1. The molecule has 0 N–H and O–H groups in total. The second kappa shape index (κ2) is 21.1. The number of unbranched alkanes of at least 4 members (excludes halogenated alkanes) is 3. The van der Waals surface area contributed by atoms with E-state index < -0.39 is 8.80 Å². The molecule has 0 fully saturated rings. The molecule has 1 atom stereocenters. The quantitative estimate of drug-likeness (QED) is 0.0675. The summed E-state index contributed by atoms with van der Waals surface area (Å²) in [6.07, 6.45) is 10.9. The predicted octanol–water partition coefficient (Wildman–Crippen LogP) is 16.1. The van der Waals surface area contributed by atoms with Crippen molar-refractivity contribution < 1.29 is 30.9 Å². The minimum absolute atomic E-state index is 0. The number of allylic oxidation sites excluding steroid dienone is 1. The third kappa shape index (κ3) is 10.6. The minimum atomic E-state index is -0.543. The van der Waals surface area contributed by atoms with Gasteiger partial charge in [-0.2, -0.15) is 6.07 Å². The van der Waals surface area contributed by atoms with Crippen LogP contribution in [0, 0.1) is 14.4 Å². The number of rotatable bonds is 12. The Morgan fingerprint density at radius 3 is 1.90 bits per heavy atom. The average Bonchev–Trinajstić information content (AvgIpc) is 3.74. The van der Waals surface area contributed by atoms with Gasteiger partial charge in [0.25, 0.3) is 0 Å². The van der Waals surface area contributed by atoms with Crippen LogP contribution in [0.2, 0.25) is 13.1 Å². The van der Waals surface area contributed by atoms with Crippen molar-refractivity contribution in [3.63, 3.8) is 0 Å². The van der Waals surface area contributed by atoms with Crippen molar-refractivity contribution >= 4 is 36.4 Å². The van der Waals surface area contributed by atoms with Gasteiger partial charge in [-0.25, -0.2) is 0 Å². The third-order valence-electron chi connectivity index (χ3n) is 12.3. The molecule has 0 aliphatic heterocycles. The SMILES string of the molecule is CCCc1cc2c(-c3ccc(OC)c(C(C)(C)C)c3C(C)(C)C)cccc2[c-]1[Si](C)C.[CH2-]C1(CCCCCC)C(c2ccccc2-c2ccccc2)=Cc2ccccc21.[CH3-].[Zr+3]. The first kappa shape index (κ1) is 50.0. The molecule has 2 radical (unpaired) electrons. The molecule has 1 unspecified atom stereocenters. The molecule has 1 nitrogen and oxygen atoms in total. The van der Waals surface area contributed by atoms with Crippen molar-refractivity contribution in [2.75, 3.05) is 7.11 Å². The Morgan fingerprint density at radius 2 is 1.28 bits per heavy atom. The van der Waals surface area contributed by atoms with E-state index in [0.29, 0.717) is 0 Å². The van der Waals surface area contributed by atoms with Gasteiger partial charge in [0, 0.05) is 14.4 Å². The van der Waals surface area contributed by atoms with Crippen molar-refractivity contribution in [2.45, 2.75) is 130 Å². The molecule has 0 bridgehead atoms. The van der Waals surface area contributed by atoms with Gasteiger partial charge in [0.05, 0.1) is 7.11 Å². The van der Waals surface area contributed by atoms with Gasteiger partial charge in [0.2, 0.25) is 0 Å². The van der Waals surface area contributed by atoms with Crippen molar-refractivity contribution in [2.24, 2.45) is 0 Å². The summed E-state index contributed by atoms with van der Waals surface area (Å²) >= 11 is 0. The van der Waals surface area contributed by atoms with Crippen molar-refractivity contribution in [3.8, 4) is 28.0 Å². The molecule has 6 aromatic carbocycles. The summed E-state index contributed by atoms with van der Waals surface area (Å²) in [6.45, 7) is 28.1. The molecule has 318 valence electrons. The Labute approximate surface area is 392 Å². The van der Waals surface area contributed by atoms with Crippen LogP contribution in [0.15, 0.2) is 115 Å². The summed E-state index contributed by atoms with van der Waals surface area (Å²) in [7, 11) is 1.25. The fourth-order valence-corrected chi connectivity index (χ4v) is 11.3. The molecule has 0 spiro atoms. The molecule has 1 aliphatic carbocycles. The van der Waals surface area contributed by atoms with Gasteiger partial charge < -0.3 is 19.1 Å². The van der Waals surface area contributed by atoms with E-state index in [4.69, 9.17) is 11.7 Å². The monoisotopic (exact) mass is 902 g/mol. The summed E-state index contributed by atoms with van der Waals surface area (Å²) in [4.78, 5) is 0. The number of methoxy groups -OCH3 is 1. The first-order valence-corrected chi connectivity index (χ1v) is 24.7. The Hall–Kier alpha value is -3.65. The zero-order valence-electron chi connectivity index (χ0n) is 39.6. The van der Waals surface area contributed by atoms with E-state index in [-0.39, 0.29) is 49.9 Å². The molecule has 0 amide bonds. The summed E-state index contributed by atoms with van der Waals surface area (Å²) in [5.74, 6) is 0.996. The molecule has 1 aliphatic rings. The van der Waals surface area contributed by atoms with Gasteiger partial charge in [-0.15, -0.1) is 39.1 Å². The standard InChI is InChI=1S/C29H40OSi.C28H29.CH3.Zr/c1-11-13-19-18-23-20(14-12-15-22(23)27(19)31(9)10)21-16-17-24(30-8)26(29(5,6)7)25(21)28(2,3)4;1-3-4-5-13-20-28(2)26-19-12-9-16-23(26)21-27(28)25-18-11-10-17-24(25)22-14-7-6-8-15-22;;/h12,14-18H,11,13H2,1-10H3;6-12,14-19,21H,2-5,13,20H2,1H3;1H3;/q3*-1;+3. The van der Waals surface area contributed by atoms with Crippen molar-refractivity contribution in [1.82, 2.24) is 0 Å². The number of aryl methyl sites for hydroxylation is 1. The van der Waals surface area contributed by atoms with Gasteiger partial charge in [0.15, 0.2) is 0 Å². The van der Waals surface area contributed by atoms with Crippen LogP contribution in [-0.4, -0.2) is 15.9 Å². The van der Waals surface area contributed by atoms with Gasteiger partial charge in [0.1, 0.15) is 5.75 Å². The maximum Gasteiger partial charge on any atom is 3.00 e. The first-order valence-electron chi connectivity index (χ1n) is 22.2. The second-order valence-electron chi connectivity index (χ2n) is 19.1. The van der Waals surface area contributed by atoms with Crippen LogP contribution >= 0.6 is 0 Å². The van der Waals surface area contributed by atoms with Crippen LogP contribution < -0.4 is 9.92 Å². The largest absolute Gasteiger partial charge is 3.00 e. The van der Waals surface area contributed by atoms with E-state index in [1.54, 1.807) is 17.9 Å². The van der Waals surface area contributed by atoms with Gasteiger partial charge in [-0.05, 0) is 56.7 Å². The Morgan fingerprint density at radius 1 is 0.656 bits per heavy atom. The summed E-state index contributed by atoms with van der Waals surface area (Å²) in [6, 6.07) is 42.2. The Balaban J connectivity index is 0.000000261. The third-order valence-corrected chi connectivity index (χ3v) is 13.9. The maximum absolute atomic E-state index is 5.88. The second-order valence-corrected chi connectivity index (χ2v) is 21.6. The molecule has 0 saturated heterocycles. The van der Waals surface area contributed by atoms with Gasteiger partial charge in [-0.1, -0.05) is 221 Å². The molecule has 7 rings (SSSR count). The van der Waals surface area contributed by atoms with E-state index >= 15 is 0 Å². The van der Waals surface area contributed by atoms with Crippen LogP contribution in [0.4, 0.5) is 0 Å². The van der Waals surface area contributed by atoms with Crippen LogP contribution in [0.25, 0.3) is 44.7 Å². The van der Waals surface area contributed by atoms with Gasteiger partial charge >= 0.3 is 26.2 Å². The zero-order chi connectivity index (χ0) is 42.5. The van der Waals surface area contributed by atoms with E-state index in [2.05, 4.69) is 190 Å². The fraction of sp³-hybridized carbons (Fsp3) is 0.362. The number of benzene rings is 5. The fourth-order valence-electron chi connectivity index (χ4n) is 9.69. The number of fused-ring (bicyclic) bond motifs is 2. The Bertz CT molecular complexity index is 2380. The number of ether oxygens (including phenoxy) is 1. The smallest absolute Gasteiger partial charge is 0.496 e. The van der Waals surface area contributed by atoms with Crippen molar-refractivity contribution in [3.05, 3.63) is 163 Å². The molecule has 0 aromatic heterocycles. The molecule has 6 aromatic rings. The number of hydrogen-bond donors (Lipinski definition) is 0. The van der Waals surface area contributed by atoms with Crippen LogP contribution in [0.5, 0.6) is 5.75 Å². The van der Waals surface area contributed by atoms with E-state index in [1.165, 1.54) is 105 Å². The molecule has 0 heterocycles. The molecule has 3 heteroatoms. The molecule has 61 heavy (non-hydrogen) atoms. The maximum atomic E-state index is 5.88. The van der Waals surface area contributed by atoms with E-state index in [0.717, 1.165) is 12.2 Å². The van der Waals surface area contributed by atoms with E-state index in [1.807, 2.05) is 0 Å². The van der Waals surface area contributed by atoms with Crippen LogP contribution in [-0.2, 0) is 48.9 Å². The number of hydrogen-bond acceptors (Lipinski definition) is 1. The normalized spacial score (nSPS) is 14.7. The topological polar surface area (TPSA) is 9.23 Å². The van der Waals surface area contributed by atoms with Crippen LogP contribution in [0.3, 0.4) is 0 Å². The van der Waals surface area contributed by atoms with E-state index in [9.17, 15) is 0 Å². The first-order chi connectivity index (χ1) is 28.1. The molecule has 0 saturated carbocycles. The Kier molecular flexibility index (Phi) is 17.3. The molecular formula is C58H72OSiZr.